The number of ether oxygens (including phenoxy) is 1. The number of nitrogens with zero attached hydrogens (tertiary/aromatic N) is 1. The smallest absolute Gasteiger partial charge is 0.230 e. The highest BCUT2D eigenvalue weighted by molar-refractivity contribution is 5.83. The zero-order valence-electron chi connectivity index (χ0n) is 13.5. The van der Waals surface area contributed by atoms with Gasteiger partial charge >= 0.3 is 0 Å². The molecule has 0 spiro atoms. The lowest BCUT2D eigenvalue weighted by atomic mass is 9.77. The highest BCUT2D eigenvalue weighted by Gasteiger charge is 2.39. The van der Waals surface area contributed by atoms with Gasteiger partial charge < -0.3 is 15.4 Å². The highest BCUT2D eigenvalue weighted by Crippen LogP contribution is 2.32. The molecule has 1 aliphatic rings. The van der Waals surface area contributed by atoms with Crippen LogP contribution >= 0.6 is 0 Å². The number of nitrogens with two attached hydrogens (primary N) is 1. The molecule has 1 saturated heterocycles. The molecule has 0 aromatic carbocycles. The van der Waals surface area contributed by atoms with Crippen LogP contribution in [0.2, 0.25) is 0 Å². The van der Waals surface area contributed by atoms with Gasteiger partial charge in [0.05, 0.1) is 5.41 Å². The Kier molecular flexibility index (Phi) is 7.52. The van der Waals surface area contributed by atoms with Crippen molar-refractivity contribution in [3.05, 3.63) is 0 Å². The van der Waals surface area contributed by atoms with Crippen LogP contribution < -0.4 is 5.73 Å². The molecule has 1 fully saturated rings. The van der Waals surface area contributed by atoms with Crippen LogP contribution in [0.3, 0.4) is 0 Å². The summed E-state index contributed by atoms with van der Waals surface area (Å²) in [5.74, 6) is 0.897. The minimum atomic E-state index is -0.322. The van der Waals surface area contributed by atoms with Crippen molar-refractivity contribution in [1.82, 2.24) is 4.90 Å². The Morgan fingerprint density at radius 2 is 1.80 bits per heavy atom. The molecule has 20 heavy (non-hydrogen) atoms. The van der Waals surface area contributed by atoms with Crippen molar-refractivity contribution in [2.75, 3.05) is 33.4 Å². The molecule has 1 heterocycles. The first-order valence-electron chi connectivity index (χ1n) is 8.11. The fourth-order valence-corrected chi connectivity index (χ4v) is 3.46. The van der Waals surface area contributed by atoms with Crippen LogP contribution in [0.25, 0.3) is 0 Å². The second-order valence-electron chi connectivity index (χ2n) is 6.18. The van der Waals surface area contributed by atoms with Crippen molar-refractivity contribution in [1.29, 1.82) is 0 Å². The van der Waals surface area contributed by atoms with E-state index in [4.69, 9.17) is 10.5 Å². The maximum absolute atomic E-state index is 12.9. The van der Waals surface area contributed by atoms with Crippen molar-refractivity contribution in [2.45, 2.75) is 52.4 Å². The third-order valence-electron chi connectivity index (χ3n) is 4.61. The summed E-state index contributed by atoms with van der Waals surface area (Å²) in [6.45, 7) is 7.29. The molecule has 4 heteroatoms. The fourth-order valence-electron chi connectivity index (χ4n) is 3.46. The molecule has 118 valence electrons. The Labute approximate surface area is 124 Å². The van der Waals surface area contributed by atoms with Gasteiger partial charge in [-0.3, -0.25) is 4.79 Å². The number of piperidine rings is 1. The Morgan fingerprint density at radius 3 is 2.20 bits per heavy atom. The number of methoxy groups -OCH3 is 1. The first kappa shape index (κ1) is 17.4. The summed E-state index contributed by atoms with van der Waals surface area (Å²) < 4.78 is 5.22. The normalized spacial score (nSPS) is 17.5. The average molecular weight is 284 g/mol. The monoisotopic (exact) mass is 284 g/mol. The fraction of sp³-hybridized carbons (Fsp3) is 0.938. The van der Waals surface area contributed by atoms with Crippen molar-refractivity contribution < 1.29 is 9.53 Å². The summed E-state index contributed by atoms with van der Waals surface area (Å²) in [6, 6.07) is 0. The van der Waals surface area contributed by atoms with Crippen LogP contribution in [-0.2, 0) is 9.53 Å². The van der Waals surface area contributed by atoms with Crippen LogP contribution in [0.5, 0.6) is 0 Å². The minimum absolute atomic E-state index is 0.291. The molecule has 1 amide bonds. The van der Waals surface area contributed by atoms with E-state index in [0.717, 1.165) is 58.2 Å². The number of hydrogen-bond acceptors (Lipinski definition) is 3. The van der Waals surface area contributed by atoms with Crippen LogP contribution in [0.1, 0.15) is 52.4 Å². The van der Waals surface area contributed by atoms with Gasteiger partial charge in [-0.2, -0.15) is 0 Å². The number of likely N-dealkylation sites (tertiary alicyclic amines) is 1. The number of hydrogen-bond donors (Lipinski definition) is 1. The van der Waals surface area contributed by atoms with Crippen molar-refractivity contribution in [3.63, 3.8) is 0 Å². The Morgan fingerprint density at radius 1 is 1.25 bits per heavy atom. The van der Waals surface area contributed by atoms with E-state index in [-0.39, 0.29) is 5.41 Å². The largest absolute Gasteiger partial charge is 0.384 e. The van der Waals surface area contributed by atoms with Gasteiger partial charge in [0, 0.05) is 33.4 Å². The summed E-state index contributed by atoms with van der Waals surface area (Å²) in [4.78, 5) is 15.0. The van der Waals surface area contributed by atoms with Gasteiger partial charge in [-0.15, -0.1) is 0 Å². The molecule has 0 bridgehead atoms. The van der Waals surface area contributed by atoms with Gasteiger partial charge in [0.2, 0.25) is 5.91 Å². The quantitative estimate of drug-likeness (QED) is 0.744. The molecule has 1 rings (SSSR count). The van der Waals surface area contributed by atoms with Crippen molar-refractivity contribution >= 4 is 5.91 Å². The lowest BCUT2D eigenvalue weighted by Crippen LogP contribution is -2.50. The van der Waals surface area contributed by atoms with Crippen LogP contribution in [-0.4, -0.2) is 44.2 Å². The first-order chi connectivity index (χ1) is 9.63. The van der Waals surface area contributed by atoms with Gasteiger partial charge in [-0.05, 0) is 31.6 Å². The van der Waals surface area contributed by atoms with E-state index in [1.165, 1.54) is 0 Å². The first-order valence-corrected chi connectivity index (χ1v) is 8.11. The summed E-state index contributed by atoms with van der Waals surface area (Å²) in [5, 5.41) is 0. The average Bonchev–Trinajstić information content (AvgIpc) is 2.47. The minimum Gasteiger partial charge on any atom is -0.384 e. The molecule has 0 saturated carbocycles. The number of amides is 1. The predicted molar refractivity (Wildman–Crippen MR) is 82.5 cm³/mol. The highest BCUT2D eigenvalue weighted by atomic mass is 16.5. The lowest BCUT2D eigenvalue weighted by molar-refractivity contribution is -0.144. The zero-order valence-corrected chi connectivity index (χ0v) is 13.5. The number of rotatable bonds is 8. The molecule has 0 aromatic rings. The van der Waals surface area contributed by atoms with Crippen LogP contribution in [0, 0.1) is 11.3 Å². The standard InChI is InChI=1S/C16H32N2O2/c1-4-8-16(13-17,9-5-2)15(19)18-10-6-14(7-11-18)12-20-3/h14H,4-13,17H2,1-3H3. The molecule has 4 nitrogen and oxygen atoms in total. The maximum Gasteiger partial charge on any atom is 0.230 e. The van der Waals surface area contributed by atoms with E-state index in [9.17, 15) is 4.79 Å². The third kappa shape index (κ3) is 4.19. The second kappa shape index (κ2) is 8.63. The van der Waals surface area contributed by atoms with Crippen LogP contribution in [0.4, 0.5) is 0 Å². The summed E-state index contributed by atoms with van der Waals surface area (Å²) >= 11 is 0. The van der Waals surface area contributed by atoms with E-state index in [0.29, 0.717) is 18.4 Å². The number of carbonyl (C=O) groups is 1. The Balaban J connectivity index is 2.66. The molecule has 0 aromatic heterocycles. The molecular weight excluding hydrogens is 252 g/mol. The van der Waals surface area contributed by atoms with Crippen molar-refractivity contribution in [3.8, 4) is 0 Å². The lowest BCUT2D eigenvalue weighted by Gasteiger charge is -2.39. The SMILES string of the molecule is CCCC(CN)(CCC)C(=O)N1CCC(COC)CC1. The molecule has 2 N–H and O–H groups in total. The van der Waals surface area contributed by atoms with Crippen LogP contribution in [0.15, 0.2) is 0 Å². The topological polar surface area (TPSA) is 55.6 Å². The van der Waals surface area contributed by atoms with E-state index in [2.05, 4.69) is 13.8 Å². The van der Waals surface area contributed by atoms with E-state index in [1.54, 1.807) is 7.11 Å². The molecule has 1 aliphatic heterocycles. The molecule has 0 atom stereocenters. The number of carbonyl (C=O) groups excluding carboxylic acids is 1. The van der Waals surface area contributed by atoms with Gasteiger partial charge in [0.25, 0.3) is 0 Å². The Bertz CT molecular complexity index is 280. The predicted octanol–water partition coefficient (Wildman–Crippen LogP) is 2.42. The van der Waals surface area contributed by atoms with Crippen molar-refractivity contribution in [2.24, 2.45) is 17.1 Å². The summed E-state index contributed by atoms with van der Waals surface area (Å²) in [5.41, 5.74) is 5.67. The molecule has 0 unspecified atom stereocenters. The Hall–Kier alpha value is -0.610. The molecule has 0 radical (unpaired) electrons. The zero-order chi connectivity index (χ0) is 15.0. The van der Waals surface area contributed by atoms with E-state index >= 15 is 0 Å². The summed E-state index contributed by atoms with van der Waals surface area (Å²) in [6.07, 6.45) is 5.96. The van der Waals surface area contributed by atoms with E-state index < -0.39 is 0 Å². The molecule has 0 aliphatic carbocycles. The third-order valence-corrected chi connectivity index (χ3v) is 4.61. The van der Waals surface area contributed by atoms with Gasteiger partial charge in [-0.1, -0.05) is 26.7 Å². The van der Waals surface area contributed by atoms with Gasteiger partial charge in [-0.25, -0.2) is 0 Å². The second-order valence-corrected chi connectivity index (χ2v) is 6.18. The molecular formula is C16H32N2O2. The summed E-state index contributed by atoms with van der Waals surface area (Å²) in [7, 11) is 1.75. The van der Waals surface area contributed by atoms with Gasteiger partial charge in [0.1, 0.15) is 0 Å². The maximum atomic E-state index is 12.9. The van der Waals surface area contributed by atoms with Gasteiger partial charge in [0.15, 0.2) is 0 Å². The van der Waals surface area contributed by atoms with E-state index in [1.807, 2.05) is 4.90 Å².